The molecule has 1 aromatic rings. The quantitative estimate of drug-likeness (QED) is 0.898. The van der Waals surface area contributed by atoms with E-state index >= 15 is 0 Å². The van der Waals surface area contributed by atoms with Crippen molar-refractivity contribution in [1.82, 2.24) is 5.32 Å². The van der Waals surface area contributed by atoms with E-state index in [-0.39, 0.29) is 23.3 Å². The van der Waals surface area contributed by atoms with Gasteiger partial charge in [0, 0.05) is 11.2 Å². The zero-order valence-corrected chi connectivity index (χ0v) is 12.6. The molecule has 18 heavy (non-hydrogen) atoms. The number of hydrogen-bond acceptors (Lipinski definition) is 2. The summed E-state index contributed by atoms with van der Waals surface area (Å²) in [6, 6.07) is 4.17. The average Bonchev–Trinajstić information content (AvgIpc) is 2.21. The molecule has 1 rings (SSSR count). The summed E-state index contributed by atoms with van der Waals surface area (Å²) in [5, 5.41) is 5.90. The van der Waals surface area contributed by atoms with Gasteiger partial charge in [0.1, 0.15) is 11.9 Å². The van der Waals surface area contributed by atoms with Crippen LogP contribution in [0.15, 0.2) is 22.7 Å². The maximum Gasteiger partial charge on any atom is 0.242 e. The van der Waals surface area contributed by atoms with Gasteiger partial charge in [0.15, 0.2) is 0 Å². The number of amides is 1. The van der Waals surface area contributed by atoms with Crippen LogP contribution in [0.1, 0.15) is 27.7 Å². The van der Waals surface area contributed by atoms with Crippen LogP contribution in [0.5, 0.6) is 0 Å². The number of anilines is 1. The van der Waals surface area contributed by atoms with Crippen molar-refractivity contribution in [2.45, 2.75) is 39.3 Å². The van der Waals surface area contributed by atoms with Crippen LogP contribution < -0.4 is 10.6 Å². The molecule has 100 valence electrons. The Morgan fingerprint density at radius 2 is 2.00 bits per heavy atom. The molecule has 0 aliphatic carbocycles. The third-order valence-electron chi connectivity index (χ3n) is 2.19. The van der Waals surface area contributed by atoms with E-state index in [2.05, 4.69) is 26.6 Å². The first-order chi connectivity index (χ1) is 8.19. The minimum atomic E-state index is -0.387. The molecule has 0 aliphatic heterocycles. The van der Waals surface area contributed by atoms with Gasteiger partial charge in [-0.1, -0.05) is 0 Å². The van der Waals surface area contributed by atoms with Crippen molar-refractivity contribution in [3.05, 3.63) is 28.5 Å². The summed E-state index contributed by atoms with van der Waals surface area (Å²) >= 11 is 3.11. The summed E-state index contributed by atoms with van der Waals surface area (Å²) in [4.78, 5) is 11.9. The molecular weight excluding hydrogens is 299 g/mol. The van der Waals surface area contributed by atoms with Crippen LogP contribution in [0, 0.1) is 5.82 Å². The fourth-order valence-corrected chi connectivity index (χ4v) is 1.76. The Kier molecular flexibility index (Phi) is 4.73. The normalized spacial score (nSPS) is 13.0. The molecule has 0 spiro atoms. The molecule has 0 aromatic heterocycles. The Morgan fingerprint density at radius 3 is 2.50 bits per heavy atom. The molecule has 0 fully saturated rings. The predicted molar refractivity (Wildman–Crippen MR) is 75.1 cm³/mol. The maximum atomic E-state index is 13.1. The molecule has 0 saturated heterocycles. The van der Waals surface area contributed by atoms with E-state index in [1.165, 1.54) is 6.07 Å². The highest BCUT2D eigenvalue weighted by Gasteiger charge is 2.19. The lowest BCUT2D eigenvalue weighted by molar-refractivity contribution is -0.122. The van der Waals surface area contributed by atoms with Crippen LogP contribution in [0.2, 0.25) is 0 Å². The van der Waals surface area contributed by atoms with Crippen molar-refractivity contribution in [1.29, 1.82) is 0 Å². The molecule has 0 heterocycles. The maximum absolute atomic E-state index is 13.1. The van der Waals surface area contributed by atoms with Gasteiger partial charge in [-0.05, 0) is 61.8 Å². The smallest absolute Gasteiger partial charge is 0.242 e. The molecule has 5 heteroatoms. The van der Waals surface area contributed by atoms with Gasteiger partial charge in [-0.25, -0.2) is 4.39 Å². The minimum Gasteiger partial charge on any atom is -0.374 e. The van der Waals surface area contributed by atoms with Crippen molar-refractivity contribution in [2.24, 2.45) is 0 Å². The van der Waals surface area contributed by atoms with E-state index in [9.17, 15) is 9.18 Å². The number of carbonyl (C=O) groups is 1. The van der Waals surface area contributed by atoms with Gasteiger partial charge >= 0.3 is 0 Å². The number of halogens is 2. The summed E-state index contributed by atoms with van der Waals surface area (Å²) in [7, 11) is 0. The number of benzene rings is 1. The Labute approximate surface area is 115 Å². The largest absolute Gasteiger partial charge is 0.374 e. The van der Waals surface area contributed by atoms with Gasteiger partial charge < -0.3 is 10.6 Å². The molecule has 0 saturated carbocycles. The fraction of sp³-hybridized carbons (Fsp3) is 0.462. The van der Waals surface area contributed by atoms with Crippen LogP contribution >= 0.6 is 15.9 Å². The first-order valence-corrected chi connectivity index (χ1v) is 6.52. The molecule has 0 bridgehead atoms. The lowest BCUT2D eigenvalue weighted by Crippen LogP contribution is -2.47. The van der Waals surface area contributed by atoms with E-state index in [0.29, 0.717) is 10.2 Å². The minimum absolute atomic E-state index is 0.0945. The molecule has 1 atom stereocenters. The third kappa shape index (κ3) is 4.64. The summed E-state index contributed by atoms with van der Waals surface area (Å²) in [5.41, 5.74) is 0.427. The molecule has 0 aliphatic rings. The standard InChI is InChI=1S/C13H18BrFN2O/c1-8(12(18)17-13(2,3)4)16-9-5-6-11(15)10(14)7-9/h5-8,16H,1-4H3,(H,17,18). The van der Waals surface area contributed by atoms with Crippen molar-refractivity contribution >= 4 is 27.5 Å². The molecule has 3 nitrogen and oxygen atoms in total. The van der Waals surface area contributed by atoms with Crippen molar-refractivity contribution in [3.63, 3.8) is 0 Å². The SMILES string of the molecule is CC(Nc1ccc(F)c(Br)c1)C(=O)NC(C)(C)C. The second-order valence-electron chi connectivity index (χ2n) is 5.23. The van der Waals surface area contributed by atoms with Gasteiger partial charge in [0.05, 0.1) is 4.47 Å². The second-order valence-corrected chi connectivity index (χ2v) is 6.09. The number of carbonyl (C=O) groups excluding carboxylic acids is 1. The zero-order chi connectivity index (χ0) is 13.9. The zero-order valence-electron chi connectivity index (χ0n) is 11.0. The van der Waals surface area contributed by atoms with Crippen molar-refractivity contribution in [2.75, 3.05) is 5.32 Å². The van der Waals surface area contributed by atoms with Crippen molar-refractivity contribution < 1.29 is 9.18 Å². The van der Waals surface area contributed by atoms with E-state index in [0.717, 1.165) is 0 Å². The number of nitrogens with one attached hydrogen (secondary N) is 2. The lowest BCUT2D eigenvalue weighted by Gasteiger charge is -2.24. The van der Waals surface area contributed by atoms with Gasteiger partial charge in [-0.2, -0.15) is 0 Å². The highest BCUT2D eigenvalue weighted by Crippen LogP contribution is 2.20. The van der Waals surface area contributed by atoms with E-state index in [1.807, 2.05) is 20.8 Å². The summed E-state index contributed by atoms with van der Waals surface area (Å²) < 4.78 is 13.4. The molecular formula is C13H18BrFN2O. The van der Waals surface area contributed by atoms with Crippen LogP contribution in [0.3, 0.4) is 0 Å². The summed E-state index contributed by atoms with van der Waals surface area (Å²) in [6.45, 7) is 7.53. The average molecular weight is 317 g/mol. The molecule has 2 N–H and O–H groups in total. The third-order valence-corrected chi connectivity index (χ3v) is 2.80. The fourth-order valence-electron chi connectivity index (χ4n) is 1.38. The lowest BCUT2D eigenvalue weighted by atomic mass is 10.1. The topological polar surface area (TPSA) is 41.1 Å². The Morgan fingerprint density at radius 1 is 1.39 bits per heavy atom. The Bertz CT molecular complexity index is 443. The highest BCUT2D eigenvalue weighted by molar-refractivity contribution is 9.10. The van der Waals surface area contributed by atoms with Crippen LogP contribution in [0.25, 0.3) is 0 Å². The molecule has 1 amide bonds. The van der Waals surface area contributed by atoms with Gasteiger partial charge in [-0.15, -0.1) is 0 Å². The van der Waals surface area contributed by atoms with Gasteiger partial charge in [0.25, 0.3) is 0 Å². The summed E-state index contributed by atoms with van der Waals surface area (Å²) in [6.07, 6.45) is 0. The van der Waals surface area contributed by atoms with Crippen LogP contribution in [-0.4, -0.2) is 17.5 Å². The first kappa shape index (κ1) is 15.0. The first-order valence-electron chi connectivity index (χ1n) is 5.72. The Hall–Kier alpha value is -1.10. The number of hydrogen-bond donors (Lipinski definition) is 2. The Balaban J connectivity index is 2.66. The van der Waals surface area contributed by atoms with Gasteiger partial charge in [-0.3, -0.25) is 4.79 Å². The van der Waals surface area contributed by atoms with E-state index in [1.54, 1.807) is 19.1 Å². The highest BCUT2D eigenvalue weighted by atomic mass is 79.9. The van der Waals surface area contributed by atoms with E-state index in [4.69, 9.17) is 0 Å². The summed E-state index contributed by atoms with van der Waals surface area (Å²) in [5.74, 6) is -0.421. The van der Waals surface area contributed by atoms with Crippen LogP contribution in [0.4, 0.5) is 10.1 Å². The van der Waals surface area contributed by atoms with Gasteiger partial charge in [0.2, 0.25) is 5.91 Å². The molecule has 1 unspecified atom stereocenters. The number of rotatable bonds is 3. The van der Waals surface area contributed by atoms with Crippen molar-refractivity contribution in [3.8, 4) is 0 Å². The second kappa shape index (κ2) is 5.69. The molecule has 1 aromatic carbocycles. The molecule has 0 radical (unpaired) electrons. The predicted octanol–water partition coefficient (Wildman–Crippen LogP) is 3.30. The van der Waals surface area contributed by atoms with E-state index < -0.39 is 0 Å². The van der Waals surface area contributed by atoms with Crippen LogP contribution in [-0.2, 0) is 4.79 Å². The monoisotopic (exact) mass is 316 g/mol.